The lowest BCUT2D eigenvalue weighted by atomic mass is 10.1. The molecule has 0 unspecified atom stereocenters. The molecule has 0 aliphatic carbocycles. The second-order valence-corrected chi connectivity index (χ2v) is 6.63. The van der Waals surface area contributed by atoms with E-state index in [1.165, 1.54) is 0 Å². The molecule has 4 nitrogen and oxygen atoms in total. The van der Waals surface area contributed by atoms with Gasteiger partial charge in [-0.1, -0.05) is 72.8 Å². The van der Waals surface area contributed by atoms with Crippen LogP contribution in [-0.4, -0.2) is 10.7 Å². The summed E-state index contributed by atoms with van der Waals surface area (Å²) < 4.78 is 13.1. The molecule has 0 spiro atoms. The SMILES string of the molecule is C=CCc1c(OC(=O)Oc2ccccc2)n(Cc2ccccc2)c2ccccc12. The predicted octanol–water partition coefficient (Wildman–Crippen LogP) is 6.00. The molecular formula is C25H21NO3. The number of para-hydroxylation sites is 2. The van der Waals surface area contributed by atoms with Crippen molar-refractivity contribution >= 4 is 17.1 Å². The first-order chi connectivity index (χ1) is 14.3. The first-order valence-electron chi connectivity index (χ1n) is 9.46. The summed E-state index contributed by atoms with van der Waals surface area (Å²) in [7, 11) is 0. The number of rotatable bonds is 6. The highest BCUT2D eigenvalue weighted by Crippen LogP contribution is 2.34. The van der Waals surface area contributed by atoms with Crippen molar-refractivity contribution in [1.82, 2.24) is 4.57 Å². The van der Waals surface area contributed by atoms with Gasteiger partial charge in [0.05, 0.1) is 12.1 Å². The molecule has 0 bridgehead atoms. The van der Waals surface area contributed by atoms with E-state index in [1.807, 2.05) is 71.3 Å². The topological polar surface area (TPSA) is 40.5 Å². The minimum Gasteiger partial charge on any atom is -0.395 e. The summed E-state index contributed by atoms with van der Waals surface area (Å²) in [5.74, 6) is 0.921. The molecule has 0 aliphatic heterocycles. The number of hydrogen-bond acceptors (Lipinski definition) is 3. The Hall–Kier alpha value is -3.79. The van der Waals surface area contributed by atoms with Crippen molar-refractivity contribution in [3.05, 3.63) is 109 Å². The molecule has 0 saturated carbocycles. The van der Waals surface area contributed by atoms with Crippen LogP contribution in [0.1, 0.15) is 11.1 Å². The van der Waals surface area contributed by atoms with Gasteiger partial charge in [0, 0.05) is 10.9 Å². The van der Waals surface area contributed by atoms with E-state index >= 15 is 0 Å². The maximum absolute atomic E-state index is 12.5. The molecular weight excluding hydrogens is 362 g/mol. The van der Waals surface area contributed by atoms with Gasteiger partial charge < -0.3 is 14.0 Å². The molecule has 0 radical (unpaired) electrons. The van der Waals surface area contributed by atoms with Crippen LogP contribution in [0.4, 0.5) is 4.79 Å². The summed E-state index contributed by atoms with van der Waals surface area (Å²) in [5, 5.41) is 1.03. The Morgan fingerprint density at radius 2 is 1.52 bits per heavy atom. The maximum atomic E-state index is 12.5. The van der Waals surface area contributed by atoms with Gasteiger partial charge in [0.15, 0.2) is 0 Å². The van der Waals surface area contributed by atoms with E-state index in [0.29, 0.717) is 24.6 Å². The third-order valence-electron chi connectivity index (χ3n) is 4.68. The van der Waals surface area contributed by atoms with Gasteiger partial charge in [-0.15, -0.1) is 6.58 Å². The number of allylic oxidation sites excluding steroid dienone is 1. The molecule has 0 saturated heterocycles. The number of nitrogens with zero attached hydrogens (tertiary/aromatic N) is 1. The average Bonchev–Trinajstić information content (AvgIpc) is 3.03. The van der Waals surface area contributed by atoms with Gasteiger partial charge in [0.25, 0.3) is 0 Å². The first kappa shape index (κ1) is 18.6. The molecule has 3 aromatic carbocycles. The molecule has 4 rings (SSSR count). The smallest absolute Gasteiger partial charge is 0.395 e. The van der Waals surface area contributed by atoms with E-state index in [4.69, 9.17) is 9.47 Å². The Morgan fingerprint density at radius 1 is 0.862 bits per heavy atom. The number of ether oxygens (including phenoxy) is 2. The standard InChI is InChI=1S/C25H21NO3/c1-2-11-22-21-16-9-10-17-23(21)26(18-19-12-5-3-6-13-19)24(22)29-25(27)28-20-14-7-4-8-15-20/h2-10,12-17H,1,11,18H2. The zero-order chi connectivity index (χ0) is 20.1. The van der Waals surface area contributed by atoms with E-state index in [-0.39, 0.29) is 0 Å². The van der Waals surface area contributed by atoms with E-state index in [0.717, 1.165) is 22.0 Å². The van der Waals surface area contributed by atoms with Crippen LogP contribution in [0.3, 0.4) is 0 Å². The zero-order valence-electron chi connectivity index (χ0n) is 16.0. The molecule has 0 amide bonds. The van der Waals surface area contributed by atoms with Crippen molar-refractivity contribution in [3.8, 4) is 11.6 Å². The van der Waals surface area contributed by atoms with Crippen LogP contribution in [0, 0.1) is 0 Å². The fourth-order valence-electron chi connectivity index (χ4n) is 3.42. The Bertz CT molecular complexity index is 1130. The predicted molar refractivity (Wildman–Crippen MR) is 114 cm³/mol. The van der Waals surface area contributed by atoms with Crippen molar-refractivity contribution in [3.63, 3.8) is 0 Å². The summed E-state index contributed by atoms with van der Waals surface area (Å²) in [6.07, 6.45) is 1.62. The van der Waals surface area contributed by atoms with Crippen molar-refractivity contribution < 1.29 is 14.3 Å². The van der Waals surface area contributed by atoms with Gasteiger partial charge in [-0.05, 0) is 30.2 Å². The van der Waals surface area contributed by atoms with E-state index in [1.54, 1.807) is 24.3 Å². The molecule has 0 atom stereocenters. The third-order valence-corrected chi connectivity index (χ3v) is 4.68. The Labute approximate surface area is 169 Å². The molecule has 4 heteroatoms. The highest BCUT2D eigenvalue weighted by Gasteiger charge is 2.21. The fraction of sp³-hybridized carbons (Fsp3) is 0.0800. The Kier molecular flexibility index (Phi) is 5.43. The number of benzene rings is 3. The van der Waals surface area contributed by atoms with Gasteiger partial charge in [-0.3, -0.25) is 0 Å². The summed E-state index contributed by atoms with van der Waals surface area (Å²) >= 11 is 0. The minimum absolute atomic E-state index is 0.438. The van der Waals surface area contributed by atoms with Crippen molar-refractivity contribution in [1.29, 1.82) is 0 Å². The number of hydrogen-bond donors (Lipinski definition) is 0. The summed E-state index contributed by atoms with van der Waals surface area (Å²) in [5.41, 5.74) is 3.02. The maximum Gasteiger partial charge on any atom is 0.520 e. The number of carbonyl (C=O) groups is 1. The Balaban J connectivity index is 1.75. The second-order valence-electron chi connectivity index (χ2n) is 6.63. The van der Waals surface area contributed by atoms with Crippen LogP contribution in [-0.2, 0) is 13.0 Å². The van der Waals surface area contributed by atoms with Crippen LogP contribution in [0.25, 0.3) is 10.9 Å². The van der Waals surface area contributed by atoms with Gasteiger partial charge >= 0.3 is 6.16 Å². The molecule has 29 heavy (non-hydrogen) atoms. The highest BCUT2D eigenvalue weighted by atomic mass is 16.7. The second kappa shape index (κ2) is 8.48. The van der Waals surface area contributed by atoms with Crippen LogP contribution < -0.4 is 9.47 Å². The lowest BCUT2D eigenvalue weighted by Gasteiger charge is -2.12. The van der Waals surface area contributed by atoms with Crippen molar-refractivity contribution in [2.75, 3.05) is 0 Å². The zero-order valence-corrected chi connectivity index (χ0v) is 16.0. The van der Waals surface area contributed by atoms with Gasteiger partial charge in [-0.25, -0.2) is 4.79 Å². The number of fused-ring (bicyclic) bond motifs is 1. The lowest BCUT2D eigenvalue weighted by Crippen LogP contribution is -2.17. The first-order valence-corrected chi connectivity index (χ1v) is 9.46. The number of carbonyl (C=O) groups excluding carboxylic acids is 1. The van der Waals surface area contributed by atoms with E-state index in [9.17, 15) is 4.79 Å². The summed E-state index contributed by atoms with van der Waals surface area (Å²) in [6, 6.07) is 27.0. The molecule has 1 aromatic heterocycles. The average molecular weight is 383 g/mol. The summed E-state index contributed by atoms with van der Waals surface area (Å²) in [6.45, 7) is 4.44. The monoisotopic (exact) mass is 383 g/mol. The van der Waals surface area contributed by atoms with Crippen molar-refractivity contribution in [2.45, 2.75) is 13.0 Å². The van der Waals surface area contributed by atoms with Crippen LogP contribution >= 0.6 is 0 Å². The van der Waals surface area contributed by atoms with Crippen LogP contribution in [0.5, 0.6) is 11.6 Å². The van der Waals surface area contributed by atoms with E-state index < -0.39 is 6.16 Å². The molecule has 0 N–H and O–H groups in total. The largest absolute Gasteiger partial charge is 0.520 e. The van der Waals surface area contributed by atoms with Gasteiger partial charge in [-0.2, -0.15) is 0 Å². The molecule has 0 fully saturated rings. The lowest BCUT2D eigenvalue weighted by molar-refractivity contribution is 0.148. The van der Waals surface area contributed by atoms with Gasteiger partial charge in [0.2, 0.25) is 5.88 Å². The van der Waals surface area contributed by atoms with Gasteiger partial charge in [0.1, 0.15) is 5.75 Å². The van der Waals surface area contributed by atoms with E-state index in [2.05, 4.69) is 6.58 Å². The molecule has 144 valence electrons. The van der Waals surface area contributed by atoms with Crippen LogP contribution in [0.2, 0.25) is 0 Å². The van der Waals surface area contributed by atoms with Crippen LogP contribution in [0.15, 0.2) is 97.6 Å². The minimum atomic E-state index is -0.765. The third kappa shape index (κ3) is 4.06. The highest BCUT2D eigenvalue weighted by molar-refractivity contribution is 5.88. The molecule has 0 aliphatic rings. The molecule has 4 aromatic rings. The van der Waals surface area contributed by atoms with Crippen molar-refractivity contribution in [2.24, 2.45) is 0 Å². The Morgan fingerprint density at radius 3 is 2.24 bits per heavy atom. The number of aromatic nitrogens is 1. The fourth-order valence-corrected chi connectivity index (χ4v) is 3.42. The summed E-state index contributed by atoms with van der Waals surface area (Å²) in [4.78, 5) is 12.5. The normalized spacial score (nSPS) is 10.6. The quantitative estimate of drug-likeness (QED) is 0.233. The molecule has 1 heterocycles.